The van der Waals surface area contributed by atoms with Crippen molar-refractivity contribution in [3.8, 4) is 11.3 Å². The maximum absolute atomic E-state index is 11.8. The van der Waals surface area contributed by atoms with Crippen LogP contribution in [-0.4, -0.2) is 22.0 Å². The second-order valence-corrected chi connectivity index (χ2v) is 4.98. The zero-order valence-corrected chi connectivity index (χ0v) is 11.8. The van der Waals surface area contributed by atoms with E-state index in [-0.39, 0.29) is 29.0 Å². The van der Waals surface area contributed by atoms with Crippen molar-refractivity contribution in [2.45, 2.75) is 20.3 Å². The van der Waals surface area contributed by atoms with E-state index >= 15 is 0 Å². The van der Waals surface area contributed by atoms with Crippen molar-refractivity contribution < 1.29 is 14.1 Å². The zero-order valence-electron chi connectivity index (χ0n) is 11.8. The standard InChI is InChI=1S/C14H16N4O3/c1-8(2)7-10(19)17-14-11(13(15)20)12(18-21-14)9-3-5-16-6-4-9/h3-6,8H,7H2,1-2H3,(H2,15,20)(H,17,19). The van der Waals surface area contributed by atoms with E-state index in [1.165, 1.54) is 0 Å². The summed E-state index contributed by atoms with van der Waals surface area (Å²) in [6, 6.07) is 3.34. The molecule has 0 aliphatic heterocycles. The first-order valence-electron chi connectivity index (χ1n) is 6.48. The minimum Gasteiger partial charge on any atom is -0.365 e. The van der Waals surface area contributed by atoms with E-state index < -0.39 is 5.91 Å². The number of rotatable bonds is 5. The van der Waals surface area contributed by atoms with E-state index in [0.717, 1.165) is 0 Å². The predicted octanol–water partition coefficient (Wildman–Crippen LogP) is 1.82. The molecule has 0 bridgehead atoms. The van der Waals surface area contributed by atoms with Gasteiger partial charge in [-0.1, -0.05) is 19.0 Å². The molecule has 0 aliphatic rings. The molecule has 0 aliphatic carbocycles. The quantitative estimate of drug-likeness (QED) is 0.871. The molecule has 110 valence electrons. The van der Waals surface area contributed by atoms with Gasteiger partial charge in [-0.05, 0) is 18.1 Å². The molecular formula is C14H16N4O3. The molecule has 21 heavy (non-hydrogen) atoms. The molecule has 0 atom stereocenters. The third-order valence-electron chi connectivity index (χ3n) is 2.74. The lowest BCUT2D eigenvalue weighted by atomic mass is 10.1. The van der Waals surface area contributed by atoms with Crippen molar-refractivity contribution in [3.63, 3.8) is 0 Å². The van der Waals surface area contributed by atoms with Crippen LogP contribution in [0.4, 0.5) is 5.88 Å². The Hall–Kier alpha value is -2.70. The molecule has 0 unspecified atom stereocenters. The number of anilines is 1. The first-order valence-corrected chi connectivity index (χ1v) is 6.48. The van der Waals surface area contributed by atoms with E-state index in [1.54, 1.807) is 24.5 Å². The lowest BCUT2D eigenvalue weighted by Gasteiger charge is -2.05. The Morgan fingerprint density at radius 2 is 2.00 bits per heavy atom. The van der Waals surface area contributed by atoms with Crippen molar-refractivity contribution in [1.82, 2.24) is 10.1 Å². The molecule has 7 nitrogen and oxygen atoms in total. The second-order valence-electron chi connectivity index (χ2n) is 4.98. The molecule has 2 aromatic heterocycles. The van der Waals surface area contributed by atoms with Crippen LogP contribution in [0.15, 0.2) is 29.0 Å². The number of hydrogen-bond acceptors (Lipinski definition) is 5. The van der Waals surface area contributed by atoms with Gasteiger partial charge in [0.25, 0.3) is 5.91 Å². The number of carbonyl (C=O) groups is 2. The van der Waals surface area contributed by atoms with E-state index in [9.17, 15) is 9.59 Å². The summed E-state index contributed by atoms with van der Waals surface area (Å²) in [7, 11) is 0. The zero-order chi connectivity index (χ0) is 15.4. The molecule has 2 heterocycles. The minimum absolute atomic E-state index is 0.0278. The van der Waals surface area contributed by atoms with Crippen LogP contribution in [0.2, 0.25) is 0 Å². The average molecular weight is 288 g/mol. The van der Waals surface area contributed by atoms with Crippen molar-refractivity contribution >= 4 is 17.7 Å². The highest BCUT2D eigenvalue weighted by molar-refractivity contribution is 6.05. The largest absolute Gasteiger partial charge is 0.365 e. The van der Waals surface area contributed by atoms with Gasteiger partial charge >= 0.3 is 0 Å². The summed E-state index contributed by atoms with van der Waals surface area (Å²) in [4.78, 5) is 27.3. The Morgan fingerprint density at radius 3 is 2.57 bits per heavy atom. The highest BCUT2D eigenvalue weighted by Crippen LogP contribution is 2.28. The average Bonchev–Trinajstić information content (AvgIpc) is 2.82. The van der Waals surface area contributed by atoms with Gasteiger partial charge in [-0.15, -0.1) is 0 Å². The smallest absolute Gasteiger partial charge is 0.256 e. The number of primary amides is 1. The first-order chi connectivity index (χ1) is 9.99. The third-order valence-corrected chi connectivity index (χ3v) is 2.74. The SMILES string of the molecule is CC(C)CC(=O)Nc1onc(-c2ccncc2)c1C(N)=O. The van der Waals surface area contributed by atoms with Crippen LogP contribution in [0.5, 0.6) is 0 Å². The van der Waals surface area contributed by atoms with Gasteiger partial charge in [0.05, 0.1) is 0 Å². The lowest BCUT2D eigenvalue weighted by molar-refractivity contribution is -0.117. The van der Waals surface area contributed by atoms with Crippen LogP contribution < -0.4 is 11.1 Å². The number of aromatic nitrogens is 2. The van der Waals surface area contributed by atoms with E-state index in [4.69, 9.17) is 10.3 Å². The minimum atomic E-state index is -0.720. The number of pyridine rings is 1. The van der Waals surface area contributed by atoms with E-state index in [2.05, 4.69) is 15.5 Å². The number of nitrogens with one attached hydrogen (secondary N) is 1. The van der Waals surface area contributed by atoms with Gasteiger partial charge in [0, 0.05) is 24.4 Å². The van der Waals surface area contributed by atoms with Crippen LogP contribution in [-0.2, 0) is 4.79 Å². The molecular weight excluding hydrogens is 272 g/mol. The summed E-state index contributed by atoms with van der Waals surface area (Å²) in [6.07, 6.45) is 3.43. The van der Waals surface area contributed by atoms with Gasteiger partial charge in [-0.2, -0.15) is 0 Å². The summed E-state index contributed by atoms with van der Waals surface area (Å²) in [6.45, 7) is 3.83. The van der Waals surface area contributed by atoms with Crippen LogP contribution in [0.3, 0.4) is 0 Å². The molecule has 2 aromatic rings. The maximum atomic E-state index is 11.8. The third kappa shape index (κ3) is 3.44. The van der Waals surface area contributed by atoms with E-state index in [0.29, 0.717) is 12.0 Å². The van der Waals surface area contributed by atoms with Gasteiger partial charge in [0.2, 0.25) is 11.8 Å². The Bertz CT molecular complexity index is 649. The Balaban J connectivity index is 2.34. The molecule has 7 heteroatoms. The number of amides is 2. The van der Waals surface area contributed by atoms with E-state index in [1.807, 2.05) is 13.8 Å². The maximum Gasteiger partial charge on any atom is 0.256 e. The molecule has 2 rings (SSSR count). The molecule has 0 aromatic carbocycles. The molecule has 0 saturated carbocycles. The summed E-state index contributed by atoms with van der Waals surface area (Å²) in [5.74, 6) is -0.822. The predicted molar refractivity (Wildman–Crippen MR) is 76.3 cm³/mol. The molecule has 0 spiro atoms. The summed E-state index contributed by atoms with van der Waals surface area (Å²) >= 11 is 0. The highest BCUT2D eigenvalue weighted by Gasteiger charge is 2.23. The summed E-state index contributed by atoms with van der Waals surface area (Å²) < 4.78 is 5.06. The first kappa shape index (κ1) is 14.7. The Kier molecular flexibility index (Phi) is 4.32. The number of hydrogen-bond donors (Lipinski definition) is 2. The number of carbonyl (C=O) groups excluding carboxylic acids is 2. The fourth-order valence-electron chi connectivity index (χ4n) is 1.86. The van der Waals surface area contributed by atoms with Crippen molar-refractivity contribution in [3.05, 3.63) is 30.1 Å². The lowest BCUT2D eigenvalue weighted by Crippen LogP contribution is -2.18. The molecule has 3 N–H and O–H groups in total. The fourth-order valence-corrected chi connectivity index (χ4v) is 1.86. The second kappa shape index (κ2) is 6.17. The Labute approximate surface area is 121 Å². The topological polar surface area (TPSA) is 111 Å². The summed E-state index contributed by atoms with van der Waals surface area (Å²) in [5, 5.41) is 6.35. The molecule has 0 radical (unpaired) electrons. The molecule has 0 saturated heterocycles. The van der Waals surface area contributed by atoms with Gasteiger partial charge in [0.15, 0.2) is 0 Å². The summed E-state index contributed by atoms with van der Waals surface area (Å²) in [5.41, 5.74) is 6.34. The molecule has 2 amide bonds. The van der Waals surface area contributed by atoms with Gasteiger partial charge in [0.1, 0.15) is 11.3 Å². The van der Waals surface area contributed by atoms with Crippen molar-refractivity contribution in [2.75, 3.05) is 5.32 Å². The number of nitrogens with two attached hydrogens (primary N) is 1. The van der Waals surface area contributed by atoms with Crippen molar-refractivity contribution in [2.24, 2.45) is 11.7 Å². The van der Waals surface area contributed by atoms with Crippen LogP contribution >= 0.6 is 0 Å². The highest BCUT2D eigenvalue weighted by atomic mass is 16.5. The Morgan fingerprint density at radius 1 is 1.33 bits per heavy atom. The van der Waals surface area contributed by atoms with Gasteiger partial charge < -0.3 is 10.3 Å². The van der Waals surface area contributed by atoms with Crippen LogP contribution in [0, 0.1) is 5.92 Å². The fraction of sp³-hybridized carbons (Fsp3) is 0.286. The normalized spacial score (nSPS) is 10.6. The molecule has 0 fully saturated rings. The van der Waals surface area contributed by atoms with Crippen LogP contribution in [0.25, 0.3) is 11.3 Å². The monoisotopic (exact) mass is 288 g/mol. The van der Waals surface area contributed by atoms with Crippen molar-refractivity contribution in [1.29, 1.82) is 0 Å². The number of nitrogens with zero attached hydrogens (tertiary/aromatic N) is 2. The van der Waals surface area contributed by atoms with Gasteiger partial charge in [-0.25, -0.2) is 0 Å². The van der Waals surface area contributed by atoms with Gasteiger partial charge in [-0.3, -0.25) is 19.9 Å². The van der Waals surface area contributed by atoms with Crippen LogP contribution in [0.1, 0.15) is 30.6 Å².